The third-order valence-electron chi connectivity index (χ3n) is 5.27. The van der Waals surface area contributed by atoms with Crippen molar-refractivity contribution in [2.45, 2.75) is 18.9 Å². The standard InChI is InChI=1S/C27H23ClN2O5/c28-21-10-8-19(9-11-21)25(31)30-24(27(32)33)16-18-6-12-23(13-7-18)34-15-14-22-17-35-26(29-22)20-4-2-1-3-5-20/h1-13,17,24H,14-16H2,(H,30,31)(H,32,33)/t24-/m0/s1. The number of aromatic nitrogens is 1. The predicted molar refractivity (Wildman–Crippen MR) is 132 cm³/mol. The number of ether oxygens (including phenoxy) is 1. The Hall–Kier alpha value is -4.10. The molecule has 35 heavy (non-hydrogen) atoms. The van der Waals surface area contributed by atoms with Crippen molar-refractivity contribution in [3.63, 3.8) is 0 Å². The predicted octanol–water partition coefficient (Wildman–Crippen LogP) is 5.04. The van der Waals surface area contributed by atoms with Gasteiger partial charge in [-0.3, -0.25) is 4.79 Å². The molecule has 0 spiro atoms. The van der Waals surface area contributed by atoms with E-state index in [0.717, 1.165) is 16.8 Å². The quantitative estimate of drug-likeness (QED) is 0.323. The van der Waals surface area contributed by atoms with E-state index in [1.165, 1.54) is 0 Å². The van der Waals surface area contributed by atoms with Gasteiger partial charge in [-0.2, -0.15) is 0 Å². The number of oxazole rings is 1. The van der Waals surface area contributed by atoms with E-state index in [2.05, 4.69) is 10.3 Å². The smallest absolute Gasteiger partial charge is 0.326 e. The van der Waals surface area contributed by atoms with Crippen LogP contribution in [0.4, 0.5) is 0 Å². The van der Waals surface area contributed by atoms with E-state index in [0.29, 0.717) is 35.3 Å². The third-order valence-corrected chi connectivity index (χ3v) is 5.52. The van der Waals surface area contributed by atoms with Crippen LogP contribution >= 0.6 is 11.6 Å². The van der Waals surface area contributed by atoms with Crippen molar-refractivity contribution in [1.29, 1.82) is 0 Å². The number of hydrogen-bond donors (Lipinski definition) is 2. The van der Waals surface area contributed by atoms with Crippen molar-refractivity contribution in [2.75, 3.05) is 6.61 Å². The summed E-state index contributed by atoms with van der Waals surface area (Å²) in [6.45, 7) is 0.412. The summed E-state index contributed by atoms with van der Waals surface area (Å²) >= 11 is 5.84. The molecule has 0 unspecified atom stereocenters. The van der Waals surface area contributed by atoms with E-state index in [1.807, 2.05) is 30.3 Å². The maximum Gasteiger partial charge on any atom is 0.326 e. The molecule has 0 aliphatic heterocycles. The second-order valence-electron chi connectivity index (χ2n) is 7.83. The Morgan fingerprint density at radius 2 is 1.71 bits per heavy atom. The molecule has 0 aliphatic rings. The molecule has 4 rings (SSSR count). The maximum absolute atomic E-state index is 12.4. The van der Waals surface area contributed by atoms with Crippen molar-refractivity contribution in [3.8, 4) is 17.2 Å². The Labute approximate surface area is 207 Å². The molecule has 1 atom stereocenters. The van der Waals surface area contributed by atoms with Crippen LogP contribution in [0.15, 0.2) is 89.5 Å². The van der Waals surface area contributed by atoms with Crippen LogP contribution in [0, 0.1) is 0 Å². The topological polar surface area (TPSA) is 102 Å². The van der Waals surface area contributed by atoms with E-state index in [-0.39, 0.29) is 6.42 Å². The fourth-order valence-electron chi connectivity index (χ4n) is 3.41. The van der Waals surface area contributed by atoms with E-state index < -0.39 is 17.9 Å². The number of rotatable bonds is 10. The van der Waals surface area contributed by atoms with E-state index in [9.17, 15) is 14.7 Å². The number of amides is 1. The zero-order chi connectivity index (χ0) is 24.6. The lowest BCUT2D eigenvalue weighted by Crippen LogP contribution is -2.42. The third kappa shape index (κ3) is 6.71. The van der Waals surface area contributed by atoms with Gasteiger partial charge in [0.15, 0.2) is 0 Å². The molecular formula is C27H23ClN2O5. The Kier molecular flexibility index (Phi) is 7.80. The molecule has 0 aliphatic carbocycles. The first-order valence-electron chi connectivity index (χ1n) is 11.0. The number of carboxylic acid groups (broad SMARTS) is 1. The number of carboxylic acids is 1. The molecule has 1 amide bonds. The van der Waals surface area contributed by atoms with Crippen LogP contribution in [0.2, 0.25) is 5.02 Å². The molecule has 1 aromatic heterocycles. The summed E-state index contributed by atoms with van der Waals surface area (Å²) in [5.74, 6) is -0.369. The molecule has 178 valence electrons. The second-order valence-corrected chi connectivity index (χ2v) is 8.26. The van der Waals surface area contributed by atoms with Crippen molar-refractivity contribution >= 4 is 23.5 Å². The number of halogens is 1. The average molecular weight is 491 g/mol. The number of carbonyl (C=O) groups is 2. The van der Waals surface area contributed by atoms with Crippen molar-refractivity contribution in [1.82, 2.24) is 10.3 Å². The summed E-state index contributed by atoms with van der Waals surface area (Å²) < 4.78 is 11.3. The number of benzene rings is 3. The molecule has 7 nitrogen and oxygen atoms in total. The lowest BCUT2D eigenvalue weighted by atomic mass is 10.1. The first-order chi connectivity index (χ1) is 17.0. The highest BCUT2D eigenvalue weighted by atomic mass is 35.5. The SMILES string of the molecule is O=C(N[C@@H](Cc1ccc(OCCc2coc(-c3ccccc3)n2)cc1)C(=O)O)c1ccc(Cl)cc1. The molecule has 4 aromatic rings. The monoisotopic (exact) mass is 490 g/mol. The van der Waals surface area contributed by atoms with E-state index >= 15 is 0 Å². The molecule has 0 saturated heterocycles. The minimum absolute atomic E-state index is 0.135. The minimum Gasteiger partial charge on any atom is -0.493 e. The normalized spacial score (nSPS) is 11.6. The van der Waals surface area contributed by atoms with Crippen LogP contribution in [0.5, 0.6) is 5.75 Å². The van der Waals surface area contributed by atoms with Gasteiger partial charge in [0.1, 0.15) is 18.1 Å². The summed E-state index contributed by atoms with van der Waals surface area (Å²) in [7, 11) is 0. The lowest BCUT2D eigenvalue weighted by molar-refractivity contribution is -0.139. The van der Waals surface area contributed by atoms with Gasteiger partial charge in [0.25, 0.3) is 5.91 Å². The highest BCUT2D eigenvalue weighted by Gasteiger charge is 2.21. The van der Waals surface area contributed by atoms with Gasteiger partial charge in [-0.15, -0.1) is 0 Å². The number of nitrogens with one attached hydrogen (secondary N) is 1. The number of nitrogens with zero attached hydrogens (tertiary/aromatic N) is 1. The highest BCUT2D eigenvalue weighted by Crippen LogP contribution is 2.19. The van der Waals surface area contributed by atoms with Crippen LogP contribution in [-0.4, -0.2) is 34.6 Å². The minimum atomic E-state index is -1.12. The summed E-state index contributed by atoms with van der Waals surface area (Å²) in [5.41, 5.74) is 2.80. The molecule has 0 bridgehead atoms. The number of hydrogen-bond acceptors (Lipinski definition) is 5. The Bertz CT molecular complexity index is 1270. The zero-order valence-corrected chi connectivity index (χ0v) is 19.4. The van der Waals surface area contributed by atoms with Crippen LogP contribution in [0.1, 0.15) is 21.6 Å². The van der Waals surface area contributed by atoms with Crippen LogP contribution in [0.25, 0.3) is 11.5 Å². The van der Waals surface area contributed by atoms with Gasteiger partial charge in [0.2, 0.25) is 5.89 Å². The van der Waals surface area contributed by atoms with Gasteiger partial charge in [-0.25, -0.2) is 9.78 Å². The summed E-state index contributed by atoms with van der Waals surface area (Å²) in [5, 5.41) is 12.6. The van der Waals surface area contributed by atoms with Crippen molar-refractivity contribution in [3.05, 3.63) is 107 Å². The fraction of sp³-hybridized carbons (Fsp3) is 0.148. The van der Waals surface area contributed by atoms with Gasteiger partial charge in [-0.05, 0) is 54.1 Å². The molecule has 3 aromatic carbocycles. The van der Waals surface area contributed by atoms with E-state index in [4.69, 9.17) is 20.8 Å². The Balaban J connectivity index is 1.28. The van der Waals surface area contributed by atoms with Gasteiger partial charge in [-0.1, -0.05) is 41.9 Å². The van der Waals surface area contributed by atoms with Crippen LogP contribution < -0.4 is 10.1 Å². The summed E-state index contributed by atoms with van der Waals surface area (Å²) in [6.07, 6.45) is 2.34. The van der Waals surface area contributed by atoms with Crippen molar-refractivity contribution < 1.29 is 23.8 Å². The Morgan fingerprint density at radius 3 is 2.40 bits per heavy atom. The number of aliphatic carboxylic acids is 1. The highest BCUT2D eigenvalue weighted by molar-refractivity contribution is 6.30. The second kappa shape index (κ2) is 11.4. The number of carbonyl (C=O) groups excluding carboxylic acids is 1. The molecule has 2 N–H and O–H groups in total. The van der Waals surface area contributed by atoms with Crippen molar-refractivity contribution in [2.24, 2.45) is 0 Å². The zero-order valence-electron chi connectivity index (χ0n) is 18.7. The van der Waals surface area contributed by atoms with E-state index in [1.54, 1.807) is 54.8 Å². The molecule has 0 radical (unpaired) electrons. The molecular weight excluding hydrogens is 468 g/mol. The summed E-state index contributed by atoms with van der Waals surface area (Å²) in [6, 6.07) is 21.9. The fourth-order valence-corrected chi connectivity index (χ4v) is 3.53. The molecule has 0 saturated carbocycles. The lowest BCUT2D eigenvalue weighted by Gasteiger charge is -2.15. The first-order valence-corrected chi connectivity index (χ1v) is 11.4. The van der Waals surface area contributed by atoms with Gasteiger partial charge in [0.05, 0.1) is 12.3 Å². The molecule has 0 fully saturated rings. The molecule has 8 heteroatoms. The van der Waals surface area contributed by atoms with Gasteiger partial charge in [0, 0.05) is 29.0 Å². The Morgan fingerprint density at radius 1 is 1.00 bits per heavy atom. The first kappa shape index (κ1) is 24.0. The van der Waals surface area contributed by atoms with Gasteiger partial charge >= 0.3 is 5.97 Å². The van der Waals surface area contributed by atoms with Crippen LogP contribution in [0.3, 0.4) is 0 Å². The largest absolute Gasteiger partial charge is 0.493 e. The van der Waals surface area contributed by atoms with Crippen LogP contribution in [-0.2, 0) is 17.6 Å². The molecule has 1 heterocycles. The van der Waals surface area contributed by atoms with Gasteiger partial charge < -0.3 is 19.6 Å². The maximum atomic E-state index is 12.4. The average Bonchev–Trinajstić information content (AvgIpc) is 3.34. The summed E-state index contributed by atoms with van der Waals surface area (Å²) in [4.78, 5) is 28.6.